The fraction of sp³-hybridized carbons (Fsp3) is 0.455. The monoisotopic (exact) mass is 445 g/mol. The summed E-state index contributed by atoms with van der Waals surface area (Å²) in [5.74, 6) is 1.99. The molecular formula is C22H31ClCrO2P. The van der Waals surface area contributed by atoms with Gasteiger partial charge in [0.2, 0.25) is 0 Å². The molecule has 2 aromatic carbocycles. The first-order valence-electron chi connectivity index (χ1n) is 9.53. The molecular weight excluding hydrogens is 415 g/mol. The molecule has 0 aliphatic heterocycles. The summed E-state index contributed by atoms with van der Waals surface area (Å²) in [6.07, 6.45) is 6.80. The number of hydrogen-bond donors (Lipinski definition) is 0. The number of aryl methyl sites for hydroxylation is 4. The standard InChI is InChI=1S/2C8H10O.C6H12P.ClH.Cr/c2*1-6-3-4-8(9)7(2)5-6;7-6-4-2-1-3-5-6;;/h2*3-5,9H,1-2H3;6-7H,1-5H2;1H;/q;;-1;;+3/p-2. The number of rotatable bonds is 6. The third kappa shape index (κ3) is 6.69. The second-order valence-electron chi connectivity index (χ2n) is 7.39. The van der Waals surface area contributed by atoms with Crippen LogP contribution in [0.2, 0.25) is 0 Å². The Morgan fingerprint density at radius 3 is 1.70 bits per heavy atom. The molecule has 0 amide bonds. The van der Waals surface area contributed by atoms with E-state index in [2.05, 4.69) is 64.1 Å². The molecule has 0 aromatic heterocycles. The minimum Gasteiger partial charge on any atom is -0.147 e. The quantitative estimate of drug-likeness (QED) is 0.438. The summed E-state index contributed by atoms with van der Waals surface area (Å²) < 4.78 is 13.0. The van der Waals surface area contributed by atoms with Gasteiger partial charge in [-0.25, -0.2) is 0 Å². The molecule has 3 rings (SSSR count). The van der Waals surface area contributed by atoms with Crippen molar-refractivity contribution < 1.29 is 21.9 Å². The van der Waals surface area contributed by atoms with Crippen molar-refractivity contribution in [3.05, 3.63) is 58.7 Å². The minimum absolute atomic E-state index is 0. The van der Waals surface area contributed by atoms with E-state index in [4.69, 9.17) is 7.58 Å². The van der Waals surface area contributed by atoms with Gasteiger partial charge in [-0.3, -0.25) is 0 Å². The number of hydrogen-bond acceptors (Lipinski definition) is 2. The molecule has 0 spiro atoms. The van der Waals surface area contributed by atoms with Gasteiger partial charge in [0.1, 0.15) is 0 Å². The summed E-state index contributed by atoms with van der Waals surface area (Å²) >= 11 is -1.66. The van der Waals surface area contributed by atoms with Crippen molar-refractivity contribution in [3.63, 3.8) is 0 Å². The first kappa shape index (κ1) is 22.6. The Kier molecular flexibility index (Phi) is 8.98. The van der Waals surface area contributed by atoms with Gasteiger partial charge in [-0.05, 0) is 0 Å². The van der Waals surface area contributed by atoms with E-state index in [1.807, 2.05) is 0 Å². The van der Waals surface area contributed by atoms with Gasteiger partial charge in [-0.1, -0.05) is 0 Å². The maximum atomic E-state index is 6.51. The smallest absolute Gasteiger partial charge is 0.147 e. The van der Waals surface area contributed by atoms with Crippen LogP contribution in [0.1, 0.15) is 54.4 Å². The molecule has 0 saturated heterocycles. The number of benzene rings is 2. The van der Waals surface area contributed by atoms with E-state index in [9.17, 15) is 0 Å². The summed E-state index contributed by atoms with van der Waals surface area (Å²) in [6, 6.07) is 12.9. The molecule has 0 heterocycles. The molecule has 1 aliphatic carbocycles. The molecule has 1 saturated carbocycles. The van der Waals surface area contributed by atoms with Crippen LogP contribution in [0, 0.1) is 27.7 Å². The van der Waals surface area contributed by atoms with Gasteiger partial charge in [0.05, 0.1) is 0 Å². The molecule has 149 valence electrons. The van der Waals surface area contributed by atoms with E-state index in [1.165, 1.54) is 54.4 Å². The van der Waals surface area contributed by atoms with Crippen molar-refractivity contribution in [1.82, 2.24) is 0 Å². The summed E-state index contributed by atoms with van der Waals surface area (Å²) in [4.78, 5) is 0. The van der Waals surface area contributed by atoms with Crippen molar-refractivity contribution in [2.24, 2.45) is 0 Å². The van der Waals surface area contributed by atoms with Crippen molar-refractivity contribution >= 4 is 19.6 Å². The SMILES string of the molecule is Cc1ccc([O][Cr]([O]c2ccc(C)cc2C)[PH]C2CCCCC2)c(C)c1.Cl. The molecule has 1 unspecified atom stereocenters. The van der Waals surface area contributed by atoms with Crippen LogP contribution in [0.5, 0.6) is 11.5 Å². The molecule has 0 bridgehead atoms. The Labute approximate surface area is 176 Å². The van der Waals surface area contributed by atoms with Gasteiger partial charge in [-0.15, -0.1) is 12.4 Å². The Hall–Kier alpha value is -0.708. The van der Waals surface area contributed by atoms with Gasteiger partial charge in [0.15, 0.2) is 0 Å². The normalized spacial score (nSPS) is 15.1. The summed E-state index contributed by atoms with van der Waals surface area (Å²) in [7, 11) is 0.791. The van der Waals surface area contributed by atoms with E-state index in [0.29, 0.717) is 0 Å². The zero-order valence-corrected chi connectivity index (χ0v) is 19.8. The molecule has 2 nitrogen and oxygen atoms in total. The fourth-order valence-corrected chi connectivity index (χ4v) is 9.10. The Balaban J connectivity index is 0.00000261. The zero-order chi connectivity index (χ0) is 18.5. The zero-order valence-electron chi connectivity index (χ0n) is 16.7. The summed E-state index contributed by atoms with van der Waals surface area (Å²) in [6.45, 7) is 8.51. The minimum atomic E-state index is -1.66. The Bertz CT molecular complexity index is 694. The predicted molar refractivity (Wildman–Crippen MR) is 116 cm³/mol. The largest absolute Gasteiger partial charge is 0.147 e. The summed E-state index contributed by atoms with van der Waals surface area (Å²) in [5, 5.41) is 0. The predicted octanol–water partition coefficient (Wildman–Crippen LogP) is 7.17. The van der Waals surface area contributed by atoms with Crippen LogP contribution in [0.3, 0.4) is 0 Å². The van der Waals surface area contributed by atoms with Gasteiger partial charge < -0.3 is 0 Å². The maximum absolute atomic E-state index is 6.51. The average Bonchev–Trinajstić information content (AvgIpc) is 2.60. The Morgan fingerprint density at radius 2 is 1.26 bits per heavy atom. The first-order chi connectivity index (χ1) is 12.5. The third-order valence-electron chi connectivity index (χ3n) is 4.86. The molecule has 1 fully saturated rings. The maximum Gasteiger partial charge on any atom is -0.147 e. The molecule has 1 atom stereocenters. The van der Waals surface area contributed by atoms with E-state index in [-0.39, 0.29) is 12.4 Å². The van der Waals surface area contributed by atoms with E-state index in [1.54, 1.807) is 0 Å². The molecule has 0 radical (unpaired) electrons. The first-order valence-corrected chi connectivity index (χ1v) is 13.5. The van der Waals surface area contributed by atoms with Crippen molar-refractivity contribution in [3.8, 4) is 11.5 Å². The van der Waals surface area contributed by atoms with Gasteiger partial charge in [0.25, 0.3) is 0 Å². The second-order valence-corrected chi connectivity index (χ2v) is 12.2. The van der Waals surface area contributed by atoms with Crippen LogP contribution in [-0.4, -0.2) is 5.66 Å². The van der Waals surface area contributed by atoms with Crippen molar-refractivity contribution in [2.75, 3.05) is 0 Å². The molecule has 0 N–H and O–H groups in total. The topological polar surface area (TPSA) is 18.5 Å². The summed E-state index contributed by atoms with van der Waals surface area (Å²) in [5.41, 5.74) is 5.74. The number of halogens is 1. The van der Waals surface area contributed by atoms with Gasteiger partial charge in [-0.2, -0.15) is 0 Å². The van der Waals surface area contributed by atoms with Crippen molar-refractivity contribution in [1.29, 1.82) is 0 Å². The molecule has 1 aliphatic rings. The van der Waals surface area contributed by atoms with Crippen LogP contribution in [0.4, 0.5) is 0 Å². The second kappa shape index (κ2) is 10.7. The van der Waals surface area contributed by atoms with E-state index in [0.717, 1.165) is 24.4 Å². The van der Waals surface area contributed by atoms with Gasteiger partial charge >= 0.3 is 165 Å². The van der Waals surface area contributed by atoms with Crippen LogP contribution >= 0.6 is 19.6 Å². The Morgan fingerprint density at radius 1 is 0.778 bits per heavy atom. The van der Waals surface area contributed by atoms with E-state index >= 15 is 0 Å². The van der Waals surface area contributed by atoms with Crippen LogP contribution in [0.15, 0.2) is 36.4 Å². The third-order valence-corrected chi connectivity index (χ3v) is 10.1. The van der Waals surface area contributed by atoms with Crippen molar-refractivity contribution in [2.45, 2.75) is 65.5 Å². The van der Waals surface area contributed by atoms with Crippen LogP contribution in [0.25, 0.3) is 0 Å². The average molecular weight is 446 g/mol. The fourth-order valence-electron chi connectivity index (χ4n) is 3.37. The van der Waals surface area contributed by atoms with Crippen LogP contribution < -0.4 is 7.58 Å². The molecule has 2 aromatic rings. The van der Waals surface area contributed by atoms with Gasteiger partial charge in [0, 0.05) is 0 Å². The molecule has 5 heteroatoms. The van der Waals surface area contributed by atoms with Crippen LogP contribution in [-0.2, 0) is 14.4 Å². The van der Waals surface area contributed by atoms with E-state index < -0.39 is 14.4 Å². The molecule has 27 heavy (non-hydrogen) atoms.